The molecular weight excluding hydrogens is 366 g/mol. The molecule has 0 spiro atoms. The van der Waals surface area contributed by atoms with Crippen LogP contribution in [0.25, 0.3) is 22.4 Å². The first-order chi connectivity index (χ1) is 14.2. The van der Waals surface area contributed by atoms with Crippen LogP contribution in [0.1, 0.15) is 25.7 Å². The van der Waals surface area contributed by atoms with Crippen LogP contribution >= 0.6 is 0 Å². The summed E-state index contributed by atoms with van der Waals surface area (Å²) in [5.41, 5.74) is 1.72. The van der Waals surface area contributed by atoms with Crippen molar-refractivity contribution >= 4 is 22.8 Å². The molecule has 5 rings (SSSR count). The molecule has 0 radical (unpaired) electrons. The van der Waals surface area contributed by atoms with E-state index in [1.54, 1.807) is 23.3 Å². The molecule has 150 valence electrons. The lowest BCUT2D eigenvalue weighted by Crippen LogP contribution is -2.42. The van der Waals surface area contributed by atoms with Crippen molar-refractivity contribution in [1.29, 1.82) is 0 Å². The number of rotatable bonds is 5. The molecule has 29 heavy (non-hydrogen) atoms. The third-order valence-corrected chi connectivity index (χ3v) is 5.85. The molecule has 1 aliphatic carbocycles. The molecule has 1 saturated heterocycles. The first-order valence-electron chi connectivity index (χ1n) is 10.3. The van der Waals surface area contributed by atoms with Gasteiger partial charge in [0.05, 0.1) is 11.6 Å². The summed E-state index contributed by atoms with van der Waals surface area (Å²) >= 11 is 0. The Bertz CT molecular complexity index is 1030. The summed E-state index contributed by atoms with van der Waals surface area (Å²) in [7, 11) is 1.89. The highest BCUT2D eigenvalue weighted by molar-refractivity contribution is 5.88. The molecule has 4 heterocycles. The predicted octanol–water partition coefficient (Wildman–Crippen LogP) is 2.49. The second-order valence-corrected chi connectivity index (χ2v) is 8.08. The molecule has 2 aliphatic rings. The zero-order valence-electron chi connectivity index (χ0n) is 16.6. The Kier molecular flexibility index (Phi) is 4.61. The summed E-state index contributed by atoms with van der Waals surface area (Å²) in [6, 6.07) is 3.81. The Balaban J connectivity index is 1.36. The van der Waals surface area contributed by atoms with E-state index in [4.69, 9.17) is 9.97 Å². The Hall–Kier alpha value is -3.03. The van der Waals surface area contributed by atoms with Crippen molar-refractivity contribution < 1.29 is 4.79 Å². The van der Waals surface area contributed by atoms with Gasteiger partial charge in [-0.1, -0.05) is 0 Å². The number of hydrogen-bond acceptors (Lipinski definition) is 6. The number of nitrogens with zero attached hydrogens (tertiary/aromatic N) is 6. The number of hydrogen-bond donors (Lipinski definition) is 1. The summed E-state index contributed by atoms with van der Waals surface area (Å²) < 4.78 is 1.77. The second-order valence-electron chi connectivity index (χ2n) is 8.08. The van der Waals surface area contributed by atoms with Gasteiger partial charge in [-0.3, -0.25) is 14.5 Å². The second kappa shape index (κ2) is 7.42. The number of carbonyl (C=O) groups excluding carboxylic acids is 1. The van der Waals surface area contributed by atoms with Crippen molar-refractivity contribution in [1.82, 2.24) is 29.6 Å². The van der Waals surface area contributed by atoms with Crippen LogP contribution in [0.3, 0.4) is 0 Å². The molecule has 1 aliphatic heterocycles. The Morgan fingerprint density at radius 1 is 1.21 bits per heavy atom. The van der Waals surface area contributed by atoms with Gasteiger partial charge < -0.3 is 10.2 Å². The first-order valence-corrected chi connectivity index (χ1v) is 10.3. The molecule has 8 nitrogen and oxygen atoms in total. The van der Waals surface area contributed by atoms with Gasteiger partial charge in [0.2, 0.25) is 5.91 Å². The lowest BCUT2D eigenvalue weighted by atomic mass is 9.97. The van der Waals surface area contributed by atoms with Crippen LogP contribution < -0.4 is 5.32 Å². The topological polar surface area (TPSA) is 88.8 Å². The minimum atomic E-state index is 0.293. The third kappa shape index (κ3) is 3.66. The first kappa shape index (κ1) is 18.0. The molecule has 0 aromatic carbocycles. The van der Waals surface area contributed by atoms with Crippen LogP contribution in [0.2, 0.25) is 0 Å². The number of likely N-dealkylation sites (tertiary alicyclic amines) is 1. The van der Waals surface area contributed by atoms with Gasteiger partial charge in [-0.05, 0) is 43.7 Å². The smallest absolute Gasteiger partial charge is 0.225 e. The molecule has 1 unspecified atom stereocenters. The SMILES string of the molecule is Cn1ncc2c(NCC3CCCN(C(=O)C4CC4)C3)nc(-c3ccncc3)nc21. The number of aromatic nitrogens is 5. The van der Waals surface area contributed by atoms with Gasteiger partial charge in [0, 0.05) is 50.6 Å². The standard InChI is InChI=1S/C21H25N7O/c1-27-20-17(12-24-27)19(25-18(26-20)15-6-8-22-9-7-15)23-11-14-3-2-10-28(13-14)21(29)16-4-5-16/h6-9,12,14,16H,2-5,10-11,13H2,1H3,(H,23,25,26). The largest absolute Gasteiger partial charge is 0.369 e. The van der Waals surface area contributed by atoms with Crippen LogP contribution in [-0.2, 0) is 11.8 Å². The molecule has 3 aromatic rings. The molecule has 3 aromatic heterocycles. The number of amides is 1. The van der Waals surface area contributed by atoms with E-state index in [9.17, 15) is 4.79 Å². The Morgan fingerprint density at radius 3 is 2.83 bits per heavy atom. The van der Waals surface area contributed by atoms with Crippen LogP contribution in [0, 0.1) is 11.8 Å². The van der Waals surface area contributed by atoms with Gasteiger partial charge in [-0.25, -0.2) is 9.97 Å². The van der Waals surface area contributed by atoms with Gasteiger partial charge in [-0.2, -0.15) is 5.10 Å². The van der Waals surface area contributed by atoms with Gasteiger partial charge in [0.1, 0.15) is 5.82 Å². The third-order valence-electron chi connectivity index (χ3n) is 5.85. The number of carbonyl (C=O) groups is 1. The van der Waals surface area contributed by atoms with E-state index in [1.807, 2.05) is 19.2 Å². The molecule has 1 saturated carbocycles. The van der Waals surface area contributed by atoms with Crippen LogP contribution in [-0.4, -0.2) is 55.2 Å². The summed E-state index contributed by atoms with van der Waals surface area (Å²) in [6.07, 6.45) is 9.61. The molecule has 2 fully saturated rings. The lowest BCUT2D eigenvalue weighted by Gasteiger charge is -2.33. The number of anilines is 1. The predicted molar refractivity (Wildman–Crippen MR) is 110 cm³/mol. The number of fused-ring (bicyclic) bond motifs is 1. The minimum absolute atomic E-state index is 0.293. The fourth-order valence-electron chi connectivity index (χ4n) is 4.05. The highest BCUT2D eigenvalue weighted by atomic mass is 16.2. The number of nitrogens with one attached hydrogen (secondary N) is 1. The highest BCUT2D eigenvalue weighted by Gasteiger charge is 2.35. The average Bonchev–Trinajstić information content (AvgIpc) is 3.55. The Labute approximate surface area is 169 Å². The van der Waals surface area contributed by atoms with E-state index in [2.05, 4.69) is 20.3 Å². The van der Waals surface area contributed by atoms with Crippen molar-refractivity contribution in [2.75, 3.05) is 25.0 Å². The summed E-state index contributed by atoms with van der Waals surface area (Å²) in [4.78, 5) is 28.0. The van der Waals surface area contributed by atoms with E-state index < -0.39 is 0 Å². The molecule has 1 amide bonds. The van der Waals surface area contributed by atoms with Gasteiger partial charge >= 0.3 is 0 Å². The lowest BCUT2D eigenvalue weighted by molar-refractivity contribution is -0.134. The number of pyridine rings is 1. The van der Waals surface area contributed by atoms with Crippen molar-refractivity contribution in [3.05, 3.63) is 30.7 Å². The van der Waals surface area contributed by atoms with Crippen molar-refractivity contribution in [2.45, 2.75) is 25.7 Å². The molecule has 0 bridgehead atoms. The van der Waals surface area contributed by atoms with Crippen LogP contribution in [0.4, 0.5) is 5.82 Å². The maximum absolute atomic E-state index is 12.4. The van der Waals surface area contributed by atoms with Crippen LogP contribution in [0.15, 0.2) is 30.7 Å². The molecule has 1 atom stereocenters. The maximum Gasteiger partial charge on any atom is 0.225 e. The van der Waals surface area contributed by atoms with Gasteiger partial charge in [0.25, 0.3) is 0 Å². The van der Waals surface area contributed by atoms with Gasteiger partial charge in [-0.15, -0.1) is 0 Å². The highest BCUT2D eigenvalue weighted by Crippen LogP contribution is 2.32. The molecule has 8 heteroatoms. The van der Waals surface area contributed by atoms with E-state index in [1.165, 1.54) is 0 Å². The zero-order chi connectivity index (χ0) is 19.8. The fraction of sp³-hybridized carbons (Fsp3) is 0.476. The van der Waals surface area contributed by atoms with Crippen molar-refractivity contribution in [3.63, 3.8) is 0 Å². The van der Waals surface area contributed by atoms with E-state index in [0.29, 0.717) is 23.6 Å². The van der Waals surface area contributed by atoms with Crippen LogP contribution in [0.5, 0.6) is 0 Å². The monoisotopic (exact) mass is 391 g/mol. The molecule has 1 N–H and O–H groups in total. The van der Waals surface area contributed by atoms with Crippen molar-refractivity contribution in [3.8, 4) is 11.4 Å². The van der Waals surface area contributed by atoms with E-state index >= 15 is 0 Å². The average molecular weight is 391 g/mol. The summed E-state index contributed by atoms with van der Waals surface area (Å²) in [5, 5.41) is 8.79. The van der Waals surface area contributed by atoms with Crippen molar-refractivity contribution in [2.24, 2.45) is 18.9 Å². The fourth-order valence-corrected chi connectivity index (χ4v) is 4.05. The Morgan fingerprint density at radius 2 is 2.03 bits per heavy atom. The molecular formula is C21H25N7O. The summed E-state index contributed by atoms with van der Waals surface area (Å²) in [5.74, 6) is 2.52. The normalized spacial score (nSPS) is 19.5. The summed E-state index contributed by atoms with van der Waals surface area (Å²) in [6.45, 7) is 2.52. The zero-order valence-corrected chi connectivity index (χ0v) is 16.6. The minimum Gasteiger partial charge on any atom is -0.369 e. The number of piperidine rings is 1. The van der Waals surface area contributed by atoms with E-state index in [0.717, 1.165) is 67.7 Å². The number of aryl methyl sites for hydroxylation is 1. The van der Waals surface area contributed by atoms with Gasteiger partial charge in [0.15, 0.2) is 11.5 Å². The maximum atomic E-state index is 12.4. The van der Waals surface area contributed by atoms with E-state index in [-0.39, 0.29) is 0 Å². The quantitative estimate of drug-likeness (QED) is 0.719.